The zero-order valence-corrected chi connectivity index (χ0v) is 16.3. The van der Waals surface area contributed by atoms with E-state index >= 15 is 0 Å². The van der Waals surface area contributed by atoms with Crippen LogP contribution in [-0.4, -0.2) is 36.2 Å². The number of rotatable bonds is 7. The maximum Gasteiger partial charge on any atom is 0.414 e. The molecule has 0 bridgehead atoms. The Kier molecular flexibility index (Phi) is 5.87. The number of carbonyl (C=O) groups is 2. The molecule has 1 heterocycles. The highest BCUT2D eigenvalue weighted by Crippen LogP contribution is 2.39. The van der Waals surface area contributed by atoms with E-state index in [1.165, 1.54) is 32.7 Å². The summed E-state index contributed by atoms with van der Waals surface area (Å²) in [5, 5.41) is 5.06. The summed E-state index contributed by atoms with van der Waals surface area (Å²) in [4.78, 5) is 28.4. The highest BCUT2D eigenvalue weighted by atomic mass is 16.6. The molecule has 148 valence electrons. The van der Waals surface area contributed by atoms with Gasteiger partial charge in [-0.1, -0.05) is 12.8 Å². The van der Waals surface area contributed by atoms with Crippen molar-refractivity contribution in [1.82, 2.24) is 15.6 Å². The normalized spacial score (nSPS) is 17.4. The molecule has 2 aliphatic rings. The number of ether oxygens (including phenoxy) is 2. The van der Waals surface area contributed by atoms with E-state index in [-0.39, 0.29) is 11.8 Å². The van der Waals surface area contributed by atoms with Crippen molar-refractivity contribution in [2.24, 2.45) is 5.92 Å². The highest BCUT2D eigenvalue weighted by Gasteiger charge is 2.30. The fourth-order valence-corrected chi connectivity index (χ4v) is 3.38. The fraction of sp³-hybridized carbons (Fsp3) is 0.650. The zero-order chi connectivity index (χ0) is 19.4. The number of hydrogen-bond donors (Lipinski definition) is 2. The Hall–Kier alpha value is -2.31. The molecule has 2 amide bonds. The van der Waals surface area contributed by atoms with Crippen LogP contribution < -0.4 is 20.1 Å². The van der Waals surface area contributed by atoms with Crippen LogP contribution in [0.15, 0.2) is 12.1 Å². The number of nitrogens with zero attached hydrogens (tertiary/aromatic N) is 1. The SMILES string of the molecule is CNC(=O)C(C)(C)NC(=O)Oc1ccc(C2CCCC2)c(OCC2CC2)n1. The van der Waals surface area contributed by atoms with Crippen molar-refractivity contribution in [3.8, 4) is 11.8 Å². The molecule has 0 saturated heterocycles. The minimum atomic E-state index is -1.08. The maximum absolute atomic E-state index is 12.2. The van der Waals surface area contributed by atoms with Gasteiger partial charge in [0.05, 0.1) is 6.61 Å². The Balaban J connectivity index is 1.69. The first-order chi connectivity index (χ1) is 12.9. The van der Waals surface area contributed by atoms with Gasteiger partial charge in [0.1, 0.15) is 5.54 Å². The van der Waals surface area contributed by atoms with Gasteiger partial charge in [-0.15, -0.1) is 0 Å². The summed E-state index contributed by atoms with van der Waals surface area (Å²) in [6.45, 7) is 3.87. The molecule has 3 rings (SSSR count). The van der Waals surface area contributed by atoms with E-state index in [9.17, 15) is 9.59 Å². The van der Waals surface area contributed by atoms with E-state index in [1.54, 1.807) is 19.9 Å². The van der Waals surface area contributed by atoms with Gasteiger partial charge >= 0.3 is 6.09 Å². The van der Waals surface area contributed by atoms with Crippen molar-refractivity contribution < 1.29 is 19.1 Å². The smallest absolute Gasteiger partial charge is 0.414 e. The molecule has 2 N–H and O–H groups in total. The molecule has 0 radical (unpaired) electrons. The average Bonchev–Trinajstić information content (AvgIpc) is 3.30. The lowest BCUT2D eigenvalue weighted by atomic mass is 9.99. The summed E-state index contributed by atoms with van der Waals surface area (Å²) in [5.74, 6) is 1.51. The van der Waals surface area contributed by atoms with Crippen LogP contribution in [0.3, 0.4) is 0 Å². The topological polar surface area (TPSA) is 89.6 Å². The molecule has 7 nitrogen and oxygen atoms in total. The van der Waals surface area contributed by atoms with Gasteiger partial charge in [0.25, 0.3) is 0 Å². The van der Waals surface area contributed by atoms with Crippen molar-refractivity contribution >= 4 is 12.0 Å². The average molecular weight is 375 g/mol. The second-order valence-corrected chi connectivity index (χ2v) is 8.00. The van der Waals surface area contributed by atoms with Crippen molar-refractivity contribution in [3.05, 3.63) is 17.7 Å². The molecule has 0 spiro atoms. The largest absolute Gasteiger partial charge is 0.477 e. The molecule has 0 unspecified atom stereocenters. The quantitative estimate of drug-likeness (QED) is 0.764. The number of pyridine rings is 1. The molecule has 1 aromatic heterocycles. The predicted molar refractivity (Wildman–Crippen MR) is 101 cm³/mol. The van der Waals surface area contributed by atoms with Gasteiger partial charge in [0, 0.05) is 18.7 Å². The van der Waals surface area contributed by atoms with Crippen molar-refractivity contribution in [3.63, 3.8) is 0 Å². The lowest BCUT2D eigenvalue weighted by Gasteiger charge is -2.23. The molecule has 0 atom stereocenters. The lowest BCUT2D eigenvalue weighted by Crippen LogP contribution is -2.54. The van der Waals surface area contributed by atoms with Gasteiger partial charge in [-0.25, -0.2) is 4.79 Å². The second-order valence-electron chi connectivity index (χ2n) is 8.00. The van der Waals surface area contributed by atoms with Crippen molar-refractivity contribution in [2.75, 3.05) is 13.7 Å². The number of nitrogens with one attached hydrogen (secondary N) is 2. The minimum Gasteiger partial charge on any atom is -0.477 e. The van der Waals surface area contributed by atoms with Gasteiger partial charge in [0.2, 0.25) is 17.7 Å². The summed E-state index contributed by atoms with van der Waals surface area (Å²) in [7, 11) is 1.52. The molecule has 7 heteroatoms. The Morgan fingerprint density at radius 2 is 1.89 bits per heavy atom. The van der Waals surface area contributed by atoms with Crippen LogP contribution in [0.4, 0.5) is 4.79 Å². The van der Waals surface area contributed by atoms with E-state index in [2.05, 4.69) is 15.6 Å². The fourth-order valence-electron chi connectivity index (χ4n) is 3.38. The van der Waals surface area contributed by atoms with E-state index < -0.39 is 11.6 Å². The third-order valence-electron chi connectivity index (χ3n) is 5.22. The van der Waals surface area contributed by atoms with E-state index in [0.29, 0.717) is 24.3 Å². The third-order valence-corrected chi connectivity index (χ3v) is 5.22. The molecule has 2 fully saturated rings. The Morgan fingerprint density at radius 3 is 2.52 bits per heavy atom. The Bertz CT molecular complexity index is 694. The number of hydrogen-bond acceptors (Lipinski definition) is 5. The van der Waals surface area contributed by atoms with E-state index in [4.69, 9.17) is 9.47 Å². The molecule has 0 aliphatic heterocycles. The van der Waals surface area contributed by atoms with Gasteiger partial charge < -0.3 is 20.1 Å². The van der Waals surface area contributed by atoms with Crippen LogP contribution in [0.25, 0.3) is 0 Å². The third kappa shape index (κ3) is 5.11. The molecule has 1 aromatic rings. The highest BCUT2D eigenvalue weighted by molar-refractivity contribution is 5.89. The first kappa shape index (κ1) is 19.5. The number of carbonyl (C=O) groups excluding carboxylic acids is 2. The van der Waals surface area contributed by atoms with Crippen LogP contribution in [0, 0.1) is 5.92 Å². The first-order valence-electron chi connectivity index (χ1n) is 9.75. The van der Waals surface area contributed by atoms with Crippen LogP contribution in [0.5, 0.6) is 11.8 Å². The second kappa shape index (κ2) is 8.15. The minimum absolute atomic E-state index is 0.174. The number of likely N-dealkylation sites (N-methyl/N-ethyl adjacent to an activating group) is 1. The monoisotopic (exact) mass is 375 g/mol. The van der Waals surface area contributed by atoms with E-state index in [0.717, 1.165) is 18.4 Å². The summed E-state index contributed by atoms with van der Waals surface area (Å²) in [6, 6.07) is 3.65. The maximum atomic E-state index is 12.2. The molecule has 0 aromatic carbocycles. The summed E-state index contributed by atoms with van der Waals surface area (Å²) in [5.41, 5.74) is 0.0209. The summed E-state index contributed by atoms with van der Waals surface area (Å²) in [6.07, 6.45) is 6.41. The standard InChI is InChI=1S/C20H29N3O4/c1-20(2,18(24)21-3)23-19(25)27-16-11-10-15(14-6-4-5-7-14)17(22-16)26-12-13-8-9-13/h10-11,13-14H,4-9,12H2,1-3H3,(H,21,24)(H,23,25). The Labute approximate surface area is 160 Å². The lowest BCUT2D eigenvalue weighted by molar-refractivity contribution is -0.125. The van der Waals surface area contributed by atoms with Gasteiger partial charge in [-0.3, -0.25) is 4.79 Å². The van der Waals surface area contributed by atoms with Crippen molar-refractivity contribution in [2.45, 2.75) is 63.8 Å². The van der Waals surface area contributed by atoms with Gasteiger partial charge in [-0.05, 0) is 57.4 Å². The molecular weight excluding hydrogens is 346 g/mol. The molecule has 27 heavy (non-hydrogen) atoms. The van der Waals surface area contributed by atoms with Crippen LogP contribution in [0.1, 0.15) is 63.9 Å². The van der Waals surface area contributed by atoms with Gasteiger partial charge in [0.15, 0.2) is 0 Å². The Morgan fingerprint density at radius 1 is 1.19 bits per heavy atom. The van der Waals surface area contributed by atoms with Crippen LogP contribution >= 0.6 is 0 Å². The molecule has 2 saturated carbocycles. The summed E-state index contributed by atoms with van der Waals surface area (Å²) >= 11 is 0. The molecular formula is C20H29N3O4. The van der Waals surface area contributed by atoms with Crippen molar-refractivity contribution in [1.29, 1.82) is 0 Å². The molecule has 2 aliphatic carbocycles. The summed E-state index contributed by atoms with van der Waals surface area (Å²) < 4.78 is 11.3. The first-order valence-corrected chi connectivity index (χ1v) is 9.75. The number of aromatic nitrogens is 1. The number of amides is 2. The predicted octanol–water partition coefficient (Wildman–Crippen LogP) is 3.14. The van der Waals surface area contributed by atoms with Crippen LogP contribution in [0.2, 0.25) is 0 Å². The van der Waals surface area contributed by atoms with E-state index in [1.807, 2.05) is 6.07 Å². The van der Waals surface area contributed by atoms with Gasteiger partial charge in [-0.2, -0.15) is 4.98 Å². The van der Waals surface area contributed by atoms with Crippen LogP contribution in [-0.2, 0) is 4.79 Å². The zero-order valence-electron chi connectivity index (χ0n) is 16.3.